The summed E-state index contributed by atoms with van der Waals surface area (Å²) in [5, 5.41) is 2.61. The zero-order valence-electron chi connectivity index (χ0n) is 25.5. The molecule has 5 rings (SSSR count). The number of carbonyl (C=O) groups excluding carboxylic acids is 3. The van der Waals surface area contributed by atoms with Crippen molar-refractivity contribution in [2.24, 2.45) is 5.92 Å². The number of likely N-dealkylation sites (N-methyl/N-ethyl adjacent to an activating group) is 1. The average Bonchev–Trinajstić information content (AvgIpc) is 2.94. The second kappa shape index (κ2) is 12.1. The molecule has 42 heavy (non-hydrogen) atoms. The number of esters is 2. The van der Waals surface area contributed by atoms with E-state index >= 15 is 0 Å². The molecule has 226 valence electrons. The summed E-state index contributed by atoms with van der Waals surface area (Å²) in [6, 6.07) is 14.8. The monoisotopic (exact) mass is 576 g/mol. The van der Waals surface area contributed by atoms with E-state index in [1.165, 1.54) is 43.7 Å². The summed E-state index contributed by atoms with van der Waals surface area (Å²) in [7, 11) is 2.25. The van der Waals surface area contributed by atoms with Gasteiger partial charge in [-0.25, -0.2) is 14.4 Å². The highest BCUT2D eigenvalue weighted by Gasteiger charge is 2.53. The second-order valence-electron chi connectivity index (χ2n) is 13.2. The molecular weight excluding hydrogens is 532 g/mol. The van der Waals surface area contributed by atoms with E-state index in [-0.39, 0.29) is 11.8 Å². The lowest BCUT2D eigenvalue weighted by Crippen LogP contribution is -2.59. The first-order chi connectivity index (χ1) is 19.9. The number of ether oxygens (including phenoxy) is 3. The van der Waals surface area contributed by atoms with E-state index in [0.29, 0.717) is 17.7 Å². The summed E-state index contributed by atoms with van der Waals surface area (Å²) >= 11 is 0. The number of alkyl carbamates (subject to hydrolysis) is 1. The van der Waals surface area contributed by atoms with E-state index in [4.69, 9.17) is 14.2 Å². The van der Waals surface area contributed by atoms with Gasteiger partial charge >= 0.3 is 18.0 Å². The van der Waals surface area contributed by atoms with Gasteiger partial charge < -0.3 is 24.4 Å². The van der Waals surface area contributed by atoms with Gasteiger partial charge in [-0.05, 0) is 102 Å². The van der Waals surface area contributed by atoms with Crippen molar-refractivity contribution in [3.63, 3.8) is 0 Å². The van der Waals surface area contributed by atoms with Crippen LogP contribution in [0.4, 0.5) is 4.79 Å². The van der Waals surface area contributed by atoms with Crippen molar-refractivity contribution in [2.45, 2.75) is 102 Å². The molecule has 2 bridgehead atoms. The minimum Gasteiger partial charge on any atom is -0.449 e. The summed E-state index contributed by atoms with van der Waals surface area (Å²) in [6.45, 7) is 7.81. The average molecular weight is 577 g/mol. The summed E-state index contributed by atoms with van der Waals surface area (Å²) in [4.78, 5) is 41.4. The Morgan fingerprint density at radius 2 is 1.81 bits per heavy atom. The first kappa shape index (κ1) is 30.1. The third-order valence-electron chi connectivity index (χ3n) is 9.19. The fourth-order valence-electron chi connectivity index (χ4n) is 7.24. The normalized spacial score (nSPS) is 24.8. The van der Waals surface area contributed by atoms with Crippen molar-refractivity contribution < 1.29 is 28.6 Å². The Bertz CT molecular complexity index is 1300. The third kappa shape index (κ3) is 6.48. The van der Waals surface area contributed by atoms with Gasteiger partial charge in [0.2, 0.25) is 0 Å². The van der Waals surface area contributed by atoms with Gasteiger partial charge in [0.15, 0.2) is 6.10 Å². The number of fused-ring (bicyclic) bond motifs is 1. The van der Waals surface area contributed by atoms with Gasteiger partial charge in [0.05, 0.1) is 0 Å². The molecular formula is C34H44N2O6. The number of amides is 1. The Labute approximate surface area is 249 Å². The van der Waals surface area contributed by atoms with Gasteiger partial charge in [0.1, 0.15) is 17.4 Å². The number of nitrogens with one attached hydrogen (secondary N) is 1. The molecule has 2 aromatic rings. The van der Waals surface area contributed by atoms with Crippen LogP contribution >= 0.6 is 0 Å². The molecule has 0 spiro atoms. The Balaban J connectivity index is 1.27. The Hall–Kier alpha value is -3.39. The summed E-state index contributed by atoms with van der Waals surface area (Å²) in [5.74, 6) is -0.289. The van der Waals surface area contributed by atoms with Gasteiger partial charge in [0.25, 0.3) is 0 Å². The molecule has 0 aromatic heterocycles. The fourth-order valence-corrected chi connectivity index (χ4v) is 7.24. The molecule has 1 saturated carbocycles. The first-order valence-electron chi connectivity index (χ1n) is 15.2. The largest absolute Gasteiger partial charge is 0.449 e. The van der Waals surface area contributed by atoms with Crippen LogP contribution in [0.15, 0.2) is 48.5 Å². The van der Waals surface area contributed by atoms with Crippen LogP contribution in [0, 0.1) is 5.92 Å². The van der Waals surface area contributed by atoms with Crippen molar-refractivity contribution in [3.05, 3.63) is 65.2 Å². The Morgan fingerprint density at radius 1 is 1.05 bits per heavy atom. The molecule has 2 aromatic carbocycles. The smallest absolute Gasteiger partial charge is 0.408 e. The quantitative estimate of drug-likeness (QED) is 0.351. The SMILES string of the molecule is CC(OC(=O)C(Cc1ccccc1)NC(=O)OC(C)(C)C)C(=O)Oc1ccc2c(c1)[C@]13CCCC[C@@H]1C(C2)N(C)CC3. The number of carbonyl (C=O) groups is 3. The van der Waals surface area contributed by atoms with Crippen molar-refractivity contribution in [3.8, 4) is 5.75 Å². The predicted molar refractivity (Wildman–Crippen MR) is 159 cm³/mol. The highest BCUT2D eigenvalue weighted by molar-refractivity contribution is 5.85. The number of hydrogen-bond acceptors (Lipinski definition) is 7. The summed E-state index contributed by atoms with van der Waals surface area (Å²) < 4.78 is 16.7. The highest BCUT2D eigenvalue weighted by atomic mass is 16.6. The van der Waals surface area contributed by atoms with Gasteiger partial charge in [-0.2, -0.15) is 0 Å². The molecule has 0 radical (unpaired) electrons. The van der Waals surface area contributed by atoms with Gasteiger partial charge in [-0.1, -0.05) is 49.2 Å². The molecule has 1 heterocycles. The lowest BCUT2D eigenvalue weighted by Gasteiger charge is -2.58. The van der Waals surface area contributed by atoms with E-state index in [9.17, 15) is 14.4 Å². The predicted octanol–water partition coefficient (Wildman–Crippen LogP) is 5.35. The van der Waals surface area contributed by atoms with E-state index in [0.717, 1.165) is 24.9 Å². The first-order valence-corrected chi connectivity index (χ1v) is 15.2. The molecule has 5 atom stereocenters. The standard InChI is InChI=1S/C34H44N2O6/c1-22(40-31(38)28(19-23-11-7-6-8-12-23)35-32(39)42-33(2,3)4)30(37)41-25-15-14-24-20-29-26-13-9-10-16-34(26,27(24)21-25)17-18-36(29)5/h6-8,11-12,14-15,21-22,26,28-29H,9-10,13,16-20H2,1-5H3,(H,35,39)/t22?,26-,28?,29?,34+/m1/s1. The third-order valence-corrected chi connectivity index (χ3v) is 9.19. The van der Waals surface area contributed by atoms with Crippen LogP contribution < -0.4 is 10.1 Å². The molecule has 2 aliphatic carbocycles. The zero-order chi connectivity index (χ0) is 30.1. The lowest BCUT2D eigenvalue weighted by molar-refractivity contribution is -0.162. The van der Waals surface area contributed by atoms with Crippen LogP contribution in [0.5, 0.6) is 5.75 Å². The minimum absolute atomic E-state index is 0.140. The molecule has 3 aliphatic rings. The van der Waals surface area contributed by atoms with Gasteiger partial charge in [-0.15, -0.1) is 0 Å². The van der Waals surface area contributed by atoms with Crippen molar-refractivity contribution in [1.29, 1.82) is 0 Å². The van der Waals surface area contributed by atoms with Crippen molar-refractivity contribution in [1.82, 2.24) is 10.2 Å². The van der Waals surface area contributed by atoms with Gasteiger partial charge in [0, 0.05) is 17.9 Å². The van der Waals surface area contributed by atoms with Crippen molar-refractivity contribution >= 4 is 18.0 Å². The number of likely N-dealkylation sites (tertiary alicyclic amines) is 1. The van der Waals surface area contributed by atoms with Crippen LogP contribution in [0.2, 0.25) is 0 Å². The van der Waals surface area contributed by atoms with E-state index < -0.39 is 35.8 Å². The number of hydrogen-bond donors (Lipinski definition) is 1. The van der Waals surface area contributed by atoms with Crippen LogP contribution in [-0.2, 0) is 37.3 Å². The zero-order valence-corrected chi connectivity index (χ0v) is 25.5. The Morgan fingerprint density at radius 3 is 2.55 bits per heavy atom. The van der Waals surface area contributed by atoms with E-state index in [1.54, 1.807) is 20.8 Å². The Kier molecular flexibility index (Phi) is 8.65. The van der Waals surface area contributed by atoms with E-state index in [1.807, 2.05) is 36.4 Å². The molecule has 1 amide bonds. The maximum Gasteiger partial charge on any atom is 0.408 e. The molecule has 1 saturated heterocycles. The summed E-state index contributed by atoms with van der Waals surface area (Å²) in [5.41, 5.74) is 2.91. The summed E-state index contributed by atoms with van der Waals surface area (Å²) in [6.07, 6.45) is 5.35. The molecule has 8 heteroatoms. The number of piperidine rings is 1. The molecule has 1 N–H and O–H groups in total. The molecule has 2 fully saturated rings. The van der Waals surface area contributed by atoms with Gasteiger partial charge in [-0.3, -0.25) is 0 Å². The van der Waals surface area contributed by atoms with Crippen LogP contribution in [-0.4, -0.2) is 60.3 Å². The number of benzene rings is 2. The maximum absolute atomic E-state index is 13.2. The number of nitrogens with zero attached hydrogens (tertiary/aromatic N) is 1. The second-order valence-corrected chi connectivity index (χ2v) is 13.2. The molecule has 3 unspecified atom stereocenters. The highest BCUT2D eigenvalue weighted by Crippen LogP contribution is 2.55. The van der Waals surface area contributed by atoms with Crippen LogP contribution in [0.1, 0.15) is 76.5 Å². The van der Waals surface area contributed by atoms with Crippen molar-refractivity contribution in [2.75, 3.05) is 13.6 Å². The topological polar surface area (TPSA) is 94.2 Å². The maximum atomic E-state index is 13.2. The lowest BCUT2D eigenvalue weighted by atomic mass is 9.52. The fraction of sp³-hybridized carbons (Fsp3) is 0.559. The molecule has 1 aliphatic heterocycles. The minimum atomic E-state index is -1.17. The number of rotatable bonds is 7. The van der Waals surface area contributed by atoms with Crippen LogP contribution in [0.25, 0.3) is 0 Å². The van der Waals surface area contributed by atoms with E-state index in [2.05, 4.69) is 29.4 Å². The molecule has 8 nitrogen and oxygen atoms in total. The van der Waals surface area contributed by atoms with Crippen LogP contribution in [0.3, 0.4) is 0 Å².